The molecule has 0 saturated carbocycles. The van der Waals surface area contributed by atoms with E-state index in [9.17, 15) is 8.42 Å². The monoisotopic (exact) mass is 312 g/mol. The smallest absolute Gasteiger partial charge is 0.241 e. The van der Waals surface area contributed by atoms with Gasteiger partial charge in [0.05, 0.1) is 4.90 Å². The number of hydrogen-bond acceptors (Lipinski definition) is 5. The zero-order valence-electron chi connectivity index (χ0n) is 12.0. The molecule has 0 aromatic heterocycles. The molecule has 0 unspecified atom stereocenters. The molecule has 3 rings (SSSR count). The molecular weight excluding hydrogens is 292 g/mol. The largest absolute Gasteiger partial charge is 0.486 e. The quantitative estimate of drug-likeness (QED) is 0.866. The summed E-state index contributed by atoms with van der Waals surface area (Å²) in [5.41, 5.74) is 0. The summed E-state index contributed by atoms with van der Waals surface area (Å²) >= 11 is 0. The third-order valence-corrected chi connectivity index (χ3v) is 5.38. The van der Waals surface area contributed by atoms with Gasteiger partial charge < -0.3 is 14.8 Å². The molecular formula is C14H20N2O4S. The van der Waals surface area contributed by atoms with Gasteiger partial charge in [0.2, 0.25) is 10.0 Å². The molecule has 0 spiro atoms. The molecule has 116 valence electrons. The van der Waals surface area contributed by atoms with E-state index in [4.69, 9.17) is 9.47 Å². The highest BCUT2D eigenvalue weighted by Gasteiger charge is 2.27. The lowest BCUT2D eigenvalue weighted by Crippen LogP contribution is -2.51. The molecule has 2 atom stereocenters. The summed E-state index contributed by atoms with van der Waals surface area (Å²) in [5.74, 6) is 1.08. The van der Waals surface area contributed by atoms with Gasteiger partial charge in [-0.05, 0) is 38.4 Å². The topological polar surface area (TPSA) is 76.7 Å². The van der Waals surface area contributed by atoms with E-state index in [0.29, 0.717) is 24.7 Å². The van der Waals surface area contributed by atoms with Gasteiger partial charge in [-0.15, -0.1) is 0 Å². The summed E-state index contributed by atoms with van der Waals surface area (Å²) in [5, 5.41) is 3.28. The van der Waals surface area contributed by atoms with E-state index in [-0.39, 0.29) is 17.0 Å². The lowest BCUT2D eigenvalue weighted by molar-refractivity contribution is 0.171. The summed E-state index contributed by atoms with van der Waals surface area (Å²) < 4.78 is 38.6. The van der Waals surface area contributed by atoms with Gasteiger partial charge in [0, 0.05) is 18.2 Å². The predicted molar refractivity (Wildman–Crippen MR) is 78.2 cm³/mol. The highest BCUT2D eigenvalue weighted by atomic mass is 32.2. The van der Waals surface area contributed by atoms with Crippen molar-refractivity contribution in [2.24, 2.45) is 0 Å². The summed E-state index contributed by atoms with van der Waals surface area (Å²) in [4.78, 5) is 0.213. The second-order valence-corrected chi connectivity index (χ2v) is 7.13. The van der Waals surface area contributed by atoms with Gasteiger partial charge in [-0.25, -0.2) is 13.1 Å². The third kappa shape index (κ3) is 3.14. The van der Waals surface area contributed by atoms with Crippen LogP contribution in [0.5, 0.6) is 11.5 Å². The Kier molecular flexibility index (Phi) is 4.05. The van der Waals surface area contributed by atoms with E-state index in [1.807, 2.05) is 6.92 Å². The SMILES string of the molecule is C[C@@H]1NCCC[C@@H]1NS(=O)(=O)c1ccc2c(c1)OCCO2. The Bertz CT molecular complexity index is 617. The van der Waals surface area contributed by atoms with Crippen LogP contribution in [0, 0.1) is 0 Å². The second kappa shape index (κ2) is 5.82. The zero-order chi connectivity index (χ0) is 14.9. The number of benzene rings is 1. The van der Waals surface area contributed by atoms with E-state index in [0.717, 1.165) is 19.4 Å². The van der Waals surface area contributed by atoms with Gasteiger partial charge in [0.1, 0.15) is 13.2 Å². The van der Waals surface area contributed by atoms with Crippen LogP contribution in [-0.4, -0.2) is 40.3 Å². The molecule has 1 aromatic rings. The van der Waals surface area contributed by atoms with Crippen molar-refractivity contribution in [3.63, 3.8) is 0 Å². The average Bonchev–Trinajstić information content (AvgIpc) is 2.49. The van der Waals surface area contributed by atoms with Crippen molar-refractivity contribution in [3.8, 4) is 11.5 Å². The number of ether oxygens (including phenoxy) is 2. The second-order valence-electron chi connectivity index (χ2n) is 5.42. The van der Waals surface area contributed by atoms with Gasteiger partial charge in [0.15, 0.2) is 11.5 Å². The number of rotatable bonds is 3. The van der Waals surface area contributed by atoms with Crippen molar-refractivity contribution in [1.29, 1.82) is 0 Å². The summed E-state index contributed by atoms with van der Waals surface area (Å²) in [7, 11) is -3.55. The minimum atomic E-state index is -3.55. The van der Waals surface area contributed by atoms with Crippen LogP contribution in [-0.2, 0) is 10.0 Å². The molecule has 6 nitrogen and oxygen atoms in total. The first kappa shape index (κ1) is 14.6. The summed E-state index contributed by atoms with van der Waals surface area (Å²) in [6, 6.07) is 4.77. The number of piperidine rings is 1. The average molecular weight is 312 g/mol. The van der Waals surface area contributed by atoms with Crippen molar-refractivity contribution in [3.05, 3.63) is 18.2 Å². The molecule has 0 bridgehead atoms. The zero-order valence-corrected chi connectivity index (χ0v) is 12.8. The molecule has 2 aliphatic rings. The van der Waals surface area contributed by atoms with Crippen LogP contribution in [0.4, 0.5) is 0 Å². The first-order chi connectivity index (χ1) is 10.1. The first-order valence-electron chi connectivity index (χ1n) is 7.22. The van der Waals surface area contributed by atoms with Crippen LogP contribution in [0.15, 0.2) is 23.1 Å². The molecule has 21 heavy (non-hydrogen) atoms. The summed E-state index contributed by atoms with van der Waals surface area (Å²) in [6.07, 6.45) is 1.82. The molecule has 2 N–H and O–H groups in total. The van der Waals surface area contributed by atoms with Crippen molar-refractivity contribution >= 4 is 10.0 Å². The molecule has 7 heteroatoms. The van der Waals surface area contributed by atoms with E-state index in [2.05, 4.69) is 10.0 Å². The maximum absolute atomic E-state index is 12.5. The van der Waals surface area contributed by atoms with Crippen LogP contribution >= 0.6 is 0 Å². The molecule has 1 saturated heterocycles. The Morgan fingerprint density at radius 1 is 1.24 bits per heavy atom. The van der Waals surface area contributed by atoms with Crippen molar-refractivity contribution in [2.75, 3.05) is 19.8 Å². The van der Waals surface area contributed by atoms with Crippen molar-refractivity contribution < 1.29 is 17.9 Å². The molecule has 2 aliphatic heterocycles. The van der Waals surface area contributed by atoms with Crippen molar-refractivity contribution in [1.82, 2.24) is 10.0 Å². The Hall–Kier alpha value is -1.31. The molecule has 1 aromatic carbocycles. The van der Waals surface area contributed by atoms with Gasteiger partial charge >= 0.3 is 0 Å². The standard InChI is InChI=1S/C14H20N2O4S/c1-10-12(3-2-6-15-10)16-21(17,18)11-4-5-13-14(9-11)20-8-7-19-13/h4-5,9-10,12,15-16H,2-3,6-8H2,1H3/t10-,12-/m0/s1. The van der Waals surface area contributed by atoms with Crippen LogP contribution in [0.3, 0.4) is 0 Å². The van der Waals surface area contributed by atoms with E-state index >= 15 is 0 Å². The fourth-order valence-electron chi connectivity index (χ4n) is 2.66. The van der Waals surface area contributed by atoms with Gasteiger partial charge in [-0.3, -0.25) is 0 Å². The van der Waals surface area contributed by atoms with Crippen LogP contribution in [0.1, 0.15) is 19.8 Å². The van der Waals surface area contributed by atoms with Crippen LogP contribution in [0.2, 0.25) is 0 Å². The van der Waals surface area contributed by atoms with Crippen LogP contribution in [0.25, 0.3) is 0 Å². The van der Waals surface area contributed by atoms with Gasteiger partial charge in [0.25, 0.3) is 0 Å². The summed E-state index contributed by atoms with van der Waals surface area (Å²) in [6.45, 7) is 3.86. The van der Waals surface area contributed by atoms with Crippen LogP contribution < -0.4 is 19.5 Å². The van der Waals surface area contributed by atoms with E-state index in [1.165, 1.54) is 6.07 Å². The van der Waals surface area contributed by atoms with E-state index < -0.39 is 10.0 Å². The minimum Gasteiger partial charge on any atom is -0.486 e. The highest BCUT2D eigenvalue weighted by Crippen LogP contribution is 2.32. The predicted octanol–water partition coefficient (Wildman–Crippen LogP) is 0.877. The van der Waals surface area contributed by atoms with E-state index in [1.54, 1.807) is 12.1 Å². The number of fused-ring (bicyclic) bond motifs is 1. The lowest BCUT2D eigenvalue weighted by Gasteiger charge is -2.30. The van der Waals surface area contributed by atoms with Crippen molar-refractivity contribution in [2.45, 2.75) is 36.7 Å². The van der Waals surface area contributed by atoms with Gasteiger partial charge in [-0.2, -0.15) is 0 Å². The maximum Gasteiger partial charge on any atom is 0.241 e. The Labute approximate surface area is 124 Å². The molecule has 2 heterocycles. The normalized spacial score (nSPS) is 25.6. The number of nitrogens with one attached hydrogen (secondary N) is 2. The minimum absolute atomic E-state index is 0.0862. The Balaban J connectivity index is 1.81. The highest BCUT2D eigenvalue weighted by molar-refractivity contribution is 7.89. The Morgan fingerprint density at radius 2 is 2.00 bits per heavy atom. The lowest BCUT2D eigenvalue weighted by atomic mass is 10.0. The molecule has 0 amide bonds. The van der Waals surface area contributed by atoms with Gasteiger partial charge in [-0.1, -0.05) is 0 Å². The maximum atomic E-state index is 12.5. The fraction of sp³-hybridized carbons (Fsp3) is 0.571. The molecule has 0 radical (unpaired) electrons. The number of sulfonamides is 1. The fourth-order valence-corrected chi connectivity index (χ4v) is 4.03. The molecule has 0 aliphatic carbocycles. The number of hydrogen-bond donors (Lipinski definition) is 2. The molecule has 1 fully saturated rings. The Morgan fingerprint density at radius 3 is 2.76 bits per heavy atom. The first-order valence-corrected chi connectivity index (χ1v) is 8.70. The third-order valence-electron chi connectivity index (χ3n) is 3.89.